The lowest BCUT2D eigenvalue weighted by Crippen LogP contribution is -2.29. The summed E-state index contributed by atoms with van der Waals surface area (Å²) < 4.78 is 5.87. The molecular weight excluding hydrogens is 358 g/mol. The summed E-state index contributed by atoms with van der Waals surface area (Å²) in [5, 5.41) is 20.6. The first-order chi connectivity index (χ1) is 12.1. The number of rotatable bonds is 9. The molecule has 1 aromatic heterocycles. The number of ether oxygens (including phenoxy) is 1. The van der Waals surface area contributed by atoms with E-state index in [0.717, 1.165) is 15.7 Å². The summed E-state index contributed by atoms with van der Waals surface area (Å²) in [7, 11) is 3.34. The van der Waals surface area contributed by atoms with E-state index >= 15 is 0 Å². The first-order valence-corrected chi connectivity index (χ1v) is 9.36. The van der Waals surface area contributed by atoms with Crippen molar-refractivity contribution in [3.63, 3.8) is 0 Å². The van der Waals surface area contributed by atoms with Crippen LogP contribution >= 0.6 is 23.1 Å². The molecule has 1 amide bonds. The number of nitrogens with zero attached hydrogens (tertiary/aromatic N) is 4. The minimum Gasteiger partial charge on any atom is -0.497 e. The smallest absolute Gasteiger partial charge is 0.232 e. The predicted octanol–water partition coefficient (Wildman–Crippen LogP) is 2.62. The largest absolute Gasteiger partial charge is 0.497 e. The number of carbonyl (C=O) groups is 1. The van der Waals surface area contributed by atoms with E-state index in [0.29, 0.717) is 24.6 Å². The lowest BCUT2D eigenvalue weighted by Gasteiger charge is -2.14. The fourth-order valence-corrected chi connectivity index (χ4v) is 3.52. The molecule has 9 heteroatoms. The Hall–Kier alpha value is -2.31. The molecule has 2 aromatic rings. The zero-order valence-corrected chi connectivity index (χ0v) is 15.7. The lowest BCUT2D eigenvalue weighted by atomic mass is 10.2. The monoisotopic (exact) mass is 377 g/mol. The maximum atomic E-state index is 11.9. The summed E-state index contributed by atoms with van der Waals surface area (Å²) in [6.45, 7) is 1.08. The number of anilines is 1. The molecule has 132 valence electrons. The molecule has 0 bridgehead atoms. The van der Waals surface area contributed by atoms with Crippen LogP contribution in [-0.2, 0) is 11.3 Å². The van der Waals surface area contributed by atoms with E-state index in [9.17, 15) is 4.79 Å². The second-order valence-corrected chi connectivity index (χ2v) is 7.29. The van der Waals surface area contributed by atoms with Gasteiger partial charge in [-0.2, -0.15) is 5.26 Å². The molecule has 7 nitrogen and oxygen atoms in total. The summed E-state index contributed by atoms with van der Waals surface area (Å²) in [6, 6.07) is 9.82. The topological polar surface area (TPSA) is 91.1 Å². The first-order valence-electron chi connectivity index (χ1n) is 7.56. The Bertz CT molecular complexity index is 727. The summed E-state index contributed by atoms with van der Waals surface area (Å²) in [4.78, 5) is 13.5. The van der Waals surface area contributed by atoms with Crippen LogP contribution in [0.15, 0.2) is 28.6 Å². The van der Waals surface area contributed by atoms with Gasteiger partial charge in [0.05, 0.1) is 25.4 Å². The Balaban J connectivity index is 1.77. The summed E-state index contributed by atoms with van der Waals surface area (Å²) in [5.74, 6) is 1.08. The molecule has 0 aliphatic rings. The number of hydrogen-bond acceptors (Lipinski definition) is 8. The summed E-state index contributed by atoms with van der Waals surface area (Å²) in [6.07, 6.45) is 0.338. The molecular formula is C16H19N5O2S2. The van der Waals surface area contributed by atoms with Crippen molar-refractivity contribution >= 4 is 34.1 Å². The quantitative estimate of drug-likeness (QED) is 0.672. The Morgan fingerprint density at radius 2 is 2.16 bits per heavy atom. The van der Waals surface area contributed by atoms with Crippen LogP contribution in [0.1, 0.15) is 12.0 Å². The van der Waals surface area contributed by atoms with Crippen LogP contribution in [0.25, 0.3) is 0 Å². The van der Waals surface area contributed by atoms with Gasteiger partial charge in [0.25, 0.3) is 0 Å². The van der Waals surface area contributed by atoms with Crippen LogP contribution in [0.2, 0.25) is 0 Å². The van der Waals surface area contributed by atoms with Crippen molar-refractivity contribution in [3.8, 4) is 11.8 Å². The minimum atomic E-state index is -0.0248. The van der Waals surface area contributed by atoms with Gasteiger partial charge in [0.1, 0.15) is 5.75 Å². The summed E-state index contributed by atoms with van der Waals surface area (Å²) >= 11 is 2.77. The molecule has 1 heterocycles. The van der Waals surface area contributed by atoms with Crippen molar-refractivity contribution < 1.29 is 9.53 Å². The highest BCUT2D eigenvalue weighted by molar-refractivity contribution is 8.01. The molecule has 0 fully saturated rings. The van der Waals surface area contributed by atoms with Crippen LogP contribution in [-0.4, -0.2) is 47.5 Å². The van der Waals surface area contributed by atoms with Crippen molar-refractivity contribution in [1.82, 2.24) is 15.1 Å². The van der Waals surface area contributed by atoms with Gasteiger partial charge in [0.15, 0.2) is 4.34 Å². The van der Waals surface area contributed by atoms with Crippen molar-refractivity contribution in [1.29, 1.82) is 5.26 Å². The minimum absolute atomic E-state index is 0.0248. The van der Waals surface area contributed by atoms with E-state index in [-0.39, 0.29) is 11.7 Å². The van der Waals surface area contributed by atoms with Gasteiger partial charge >= 0.3 is 0 Å². The predicted molar refractivity (Wildman–Crippen MR) is 98.8 cm³/mol. The Morgan fingerprint density at radius 3 is 2.84 bits per heavy atom. The maximum absolute atomic E-state index is 11.9. The van der Waals surface area contributed by atoms with Crippen LogP contribution in [0.4, 0.5) is 5.13 Å². The van der Waals surface area contributed by atoms with Crippen LogP contribution in [0.5, 0.6) is 5.75 Å². The second kappa shape index (κ2) is 9.86. The number of carbonyl (C=O) groups excluding carboxylic acids is 1. The van der Waals surface area contributed by atoms with Crippen LogP contribution in [0, 0.1) is 11.3 Å². The summed E-state index contributed by atoms with van der Waals surface area (Å²) in [5.41, 5.74) is 1.11. The zero-order chi connectivity index (χ0) is 18.1. The molecule has 0 unspecified atom stereocenters. The molecule has 0 spiro atoms. The standard InChI is InChI=1S/C16H19N5O2S2/c1-21(9-3-8-17)14(22)11-24-16-20-19-15(25-16)18-10-12-4-6-13(23-2)7-5-12/h4-7H,3,9-11H2,1-2H3,(H,18,19). The average molecular weight is 377 g/mol. The molecule has 2 rings (SSSR count). The van der Waals surface area contributed by atoms with Gasteiger partial charge in [0.2, 0.25) is 11.0 Å². The fourth-order valence-electron chi connectivity index (χ4n) is 1.84. The third-order valence-corrected chi connectivity index (χ3v) is 5.31. The lowest BCUT2D eigenvalue weighted by molar-refractivity contribution is -0.127. The Labute approximate surface area is 155 Å². The molecule has 0 radical (unpaired) electrons. The fraction of sp³-hybridized carbons (Fsp3) is 0.375. The Kier molecular flexibility index (Phi) is 7.50. The van der Waals surface area contributed by atoms with E-state index in [2.05, 4.69) is 15.5 Å². The van der Waals surface area contributed by atoms with Crippen molar-refractivity contribution in [2.45, 2.75) is 17.3 Å². The first kappa shape index (κ1) is 19.0. The second-order valence-electron chi connectivity index (χ2n) is 5.09. The van der Waals surface area contributed by atoms with Gasteiger partial charge in [-0.1, -0.05) is 35.2 Å². The average Bonchev–Trinajstić information content (AvgIpc) is 3.10. The van der Waals surface area contributed by atoms with Crippen molar-refractivity contribution in [2.24, 2.45) is 0 Å². The molecule has 0 aliphatic carbocycles. The molecule has 0 atom stereocenters. The number of nitriles is 1. The molecule has 1 N–H and O–H groups in total. The number of benzene rings is 1. The van der Waals surface area contributed by atoms with E-state index in [1.165, 1.54) is 23.1 Å². The van der Waals surface area contributed by atoms with Crippen LogP contribution in [0.3, 0.4) is 0 Å². The third kappa shape index (κ3) is 6.25. The van der Waals surface area contributed by atoms with Gasteiger partial charge in [-0.05, 0) is 17.7 Å². The molecule has 0 aliphatic heterocycles. The van der Waals surface area contributed by atoms with Gasteiger partial charge in [0, 0.05) is 20.1 Å². The highest BCUT2D eigenvalue weighted by Gasteiger charge is 2.11. The van der Waals surface area contributed by atoms with Gasteiger partial charge < -0.3 is 15.0 Å². The highest BCUT2D eigenvalue weighted by Crippen LogP contribution is 2.26. The van der Waals surface area contributed by atoms with Gasteiger partial charge in [-0.25, -0.2) is 0 Å². The number of hydrogen-bond donors (Lipinski definition) is 1. The van der Waals surface area contributed by atoms with Gasteiger partial charge in [-0.15, -0.1) is 10.2 Å². The van der Waals surface area contributed by atoms with Crippen molar-refractivity contribution in [3.05, 3.63) is 29.8 Å². The van der Waals surface area contributed by atoms with Crippen LogP contribution < -0.4 is 10.1 Å². The maximum Gasteiger partial charge on any atom is 0.232 e. The third-order valence-electron chi connectivity index (χ3n) is 3.31. The molecule has 1 aromatic carbocycles. The van der Waals surface area contributed by atoms with E-state index < -0.39 is 0 Å². The van der Waals surface area contributed by atoms with E-state index in [4.69, 9.17) is 10.00 Å². The molecule has 0 saturated heterocycles. The number of nitrogens with one attached hydrogen (secondary N) is 1. The van der Waals surface area contributed by atoms with Gasteiger partial charge in [-0.3, -0.25) is 4.79 Å². The van der Waals surface area contributed by atoms with E-state index in [1.54, 1.807) is 19.1 Å². The molecule has 25 heavy (non-hydrogen) atoms. The van der Waals surface area contributed by atoms with E-state index in [1.807, 2.05) is 30.3 Å². The number of thioether (sulfide) groups is 1. The highest BCUT2D eigenvalue weighted by atomic mass is 32.2. The molecule has 0 saturated carbocycles. The Morgan fingerprint density at radius 1 is 1.40 bits per heavy atom. The van der Waals surface area contributed by atoms with Crippen molar-refractivity contribution in [2.75, 3.05) is 31.8 Å². The zero-order valence-electron chi connectivity index (χ0n) is 14.1. The number of aromatic nitrogens is 2. The normalized spacial score (nSPS) is 10.1. The number of methoxy groups -OCH3 is 1. The SMILES string of the molecule is COc1ccc(CNc2nnc(SCC(=O)N(C)CCC#N)s2)cc1. The number of amides is 1.